The summed E-state index contributed by atoms with van der Waals surface area (Å²) in [5.74, 6) is -0.380. The minimum Gasteiger partial charge on any atom is -0.497 e. The first kappa shape index (κ1) is 18.1. The Morgan fingerprint density at radius 3 is 1.89 bits per heavy atom. The van der Waals surface area contributed by atoms with E-state index < -0.39 is 0 Å². The summed E-state index contributed by atoms with van der Waals surface area (Å²) in [6.07, 6.45) is 0. The largest absolute Gasteiger partial charge is 0.497 e. The van der Waals surface area contributed by atoms with Crippen LogP contribution in [0, 0.1) is 5.82 Å². The Morgan fingerprint density at radius 2 is 1.33 bits per heavy atom. The lowest BCUT2D eigenvalue weighted by Crippen LogP contribution is -2.14. The normalized spacial score (nSPS) is 10.1. The lowest BCUT2D eigenvalue weighted by molar-refractivity contribution is 0.101. The molecule has 0 aliphatic rings. The Hall–Kier alpha value is -3.67. The third-order valence-corrected chi connectivity index (χ3v) is 3.84. The molecule has 0 aromatic heterocycles. The predicted octanol–water partition coefficient (Wildman–Crippen LogP) is 4.34. The minimum absolute atomic E-state index is 0.297. The van der Waals surface area contributed by atoms with Crippen LogP contribution in [0.2, 0.25) is 0 Å². The van der Waals surface area contributed by atoms with Gasteiger partial charge in [0.05, 0.1) is 7.11 Å². The number of carbonyl (C=O) groups is 2. The summed E-state index contributed by atoms with van der Waals surface area (Å²) in [6.45, 7) is 0. The second-order valence-corrected chi connectivity index (χ2v) is 5.72. The number of halogens is 1. The number of amides is 2. The first-order chi connectivity index (χ1) is 13.0. The number of nitrogens with one attached hydrogen (secondary N) is 2. The van der Waals surface area contributed by atoms with E-state index >= 15 is 0 Å². The highest BCUT2D eigenvalue weighted by Crippen LogP contribution is 2.18. The molecule has 0 atom stereocenters. The summed E-state index contributed by atoms with van der Waals surface area (Å²) in [6, 6.07) is 18.7. The standard InChI is InChI=1S/C21H17FN2O3/c1-27-19-4-2-3-18(13-19)24-21(26)15-7-5-14(6-8-15)20(25)23-17-11-9-16(22)10-12-17/h2-13H,1H3,(H,23,25)(H,24,26). The van der Waals surface area contributed by atoms with Gasteiger partial charge in [0, 0.05) is 28.6 Å². The first-order valence-electron chi connectivity index (χ1n) is 8.17. The Morgan fingerprint density at radius 1 is 0.778 bits per heavy atom. The van der Waals surface area contributed by atoms with Crippen LogP contribution in [-0.2, 0) is 0 Å². The molecule has 27 heavy (non-hydrogen) atoms. The topological polar surface area (TPSA) is 67.4 Å². The van der Waals surface area contributed by atoms with Crippen molar-refractivity contribution in [3.8, 4) is 5.75 Å². The summed E-state index contributed by atoms with van der Waals surface area (Å²) in [4.78, 5) is 24.6. The number of ether oxygens (including phenoxy) is 1. The monoisotopic (exact) mass is 364 g/mol. The van der Waals surface area contributed by atoms with Crippen molar-refractivity contribution >= 4 is 23.2 Å². The summed E-state index contributed by atoms with van der Waals surface area (Å²) in [7, 11) is 1.55. The smallest absolute Gasteiger partial charge is 0.255 e. The first-order valence-corrected chi connectivity index (χ1v) is 8.17. The fraction of sp³-hybridized carbons (Fsp3) is 0.0476. The molecule has 3 aromatic carbocycles. The van der Waals surface area contributed by atoms with Gasteiger partial charge >= 0.3 is 0 Å². The van der Waals surface area contributed by atoms with Crippen molar-refractivity contribution in [2.45, 2.75) is 0 Å². The van der Waals surface area contributed by atoms with Gasteiger partial charge in [0.25, 0.3) is 11.8 Å². The van der Waals surface area contributed by atoms with Crippen molar-refractivity contribution in [2.24, 2.45) is 0 Å². The fourth-order valence-electron chi connectivity index (χ4n) is 2.41. The predicted molar refractivity (Wildman–Crippen MR) is 102 cm³/mol. The molecule has 0 saturated heterocycles. The van der Waals surface area contributed by atoms with E-state index in [9.17, 15) is 14.0 Å². The Labute approximate surface area is 155 Å². The van der Waals surface area contributed by atoms with Crippen LogP contribution in [0.4, 0.5) is 15.8 Å². The maximum atomic E-state index is 12.9. The van der Waals surface area contributed by atoms with Gasteiger partial charge in [-0.3, -0.25) is 9.59 Å². The van der Waals surface area contributed by atoms with E-state index in [2.05, 4.69) is 10.6 Å². The quantitative estimate of drug-likeness (QED) is 0.708. The van der Waals surface area contributed by atoms with Crippen LogP contribution in [0.3, 0.4) is 0 Å². The van der Waals surface area contributed by atoms with Gasteiger partial charge in [-0.2, -0.15) is 0 Å². The van der Waals surface area contributed by atoms with E-state index in [1.165, 1.54) is 24.3 Å². The van der Waals surface area contributed by atoms with Gasteiger partial charge in [0.15, 0.2) is 0 Å². The van der Waals surface area contributed by atoms with Crippen LogP contribution in [0.1, 0.15) is 20.7 Å². The molecule has 0 bridgehead atoms. The zero-order valence-corrected chi connectivity index (χ0v) is 14.5. The molecule has 136 valence electrons. The number of methoxy groups -OCH3 is 1. The molecule has 0 spiro atoms. The van der Waals surface area contributed by atoms with Crippen LogP contribution in [0.15, 0.2) is 72.8 Å². The highest BCUT2D eigenvalue weighted by Gasteiger charge is 2.10. The molecule has 0 aliphatic carbocycles. The molecule has 0 fully saturated rings. The third kappa shape index (κ3) is 4.70. The number of rotatable bonds is 5. The average Bonchev–Trinajstić information content (AvgIpc) is 2.70. The molecular weight excluding hydrogens is 347 g/mol. The Balaban J connectivity index is 1.66. The van der Waals surface area contributed by atoms with Gasteiger partial charge in [-0.1, -0.05) is 6.07 Å². The molecule has 2 amide bonds. The van der Waals surface area contributed by atoms with Gasteiger partial charge in [0.2, 0.25) is 0 Å². The molecule has 3 rings (SSSR count). The van der Waals surface area contributed by atoms with Crippen molar-refractivity contribution in [3.05, 3.63) is 89.7 Å². The maximum Gasteiger partial charge on any atom is 0.255 e. The van der Waals surface area contributed by atoms with Crippen molar-refractivity contribution in [1.29, 1.82) is 0 Å². The molecule has 0 unspecified atom stereocenters. The second-order valence-electron chi connectivity index (χ2n) is 5.72. The number of hydrogen-bond acceptors (Lipinski definition) is 3. The zero-order chi connectivity index (χ0) is 19.2. The molecule has 2 N–H and O–H groups in total. The summed E-state index contributed by atoms with van der Waals surface area (Å²) < 4.78 is 18.0. The van der Waals surface area contributed by atoms with Crippen LogP contribution >= 0.6 is 0 Å². The van der Waals surface area contributed by atoms with Gasteiger partial charge in [-0.05, 0) is 60.7 Å². The van der Waals surface area contributed by atoms with E-state index in [0.29, 0.717) is 28.3 Å². The van der Waals surface area contributed by atoms with E-state index in [4.69, 9.17) is 4.74 Å². The van der Waals surface area contributed by atoms with Crippen molar-refractivity contribution in [2.75, 3.05) is 17.7 Å². The van der Waals surface area contributed by atoms with Crippen LogP contribution in [-0.4, -0.2) is 18.9 Å². The maximum absolute atomic E-state index is 12.9. The lowest BCUT2D eigenvalue weighted by Gasteiger charge is -2.08. The van der Waals surface area contributed by atoms with Gasteiger partial charge < -0.3 is 15.4 Å². The van der Waals surface area contributed by atoms with Gasteiger partial charge in [-0.25, -0.2) is 4.39 Å². The number of benzene rings is 3. The minimum atomic E-state index is -0.376. The molecule has 6 heteroatoms. The number of carbonyl (C=O) groups excluding carboxylic acids is 2. The second kappa shape index (κ2) is 8.14. The fourth-order valence-corrected chi connectivity index (χ4v) is 2.41. The van der Waals surface area contributed by atoms with Gasteiger partial charge in [-0.15, -0.1) is 0 Å². The number of anilines is 2. The highest BCUT2D eigenvalue weighted by atomic mass is 19.1. The van der Waals surface area contributed by atoms with Crippen LogP contribution < -0.4 is 15.4 Å². The van der Waals surface area contributed by atoms with Crippen molar-refractivity contribution in [3.63, 3.8) is 0 Å². The molecule has 3 aromatic rings. The third-order valence-electron chi connectivity index (χ3n) is 3.84. The van der Waals surface area contributed by atoms with E-state index in [1.54, 1.807) is 55.6 Å². The molecule has 0 radical (unpaired) electrons. The summed E-state index contributed by atoms with van der Waals surface area (Å²) >= 11 is 0. The molecule has 5 nitrogen and oxygen atoms in total. The van der Waals surface area contributed by atoms with Crippen LogP contribution in [0.25, 0.3) is 0 Å². The number of hydrogen-bond donors (Lipinski definition) is 2. The molecule has 0 heterocycles. The van der Waals surface area contributed by atoms with Crippen LogP contribution in [0.5, 0.6) is 5.75 Å². The molecular formula is C21H17FN2O3. The van der Waals surface area contributed by atoms with Crippen molar-refractivity contribution in [1.82, 2.24) is 0 Å². The van der Waals surface area contributed by atoms with E-state index in [-0.39, 0.29) is 17.6 Å². The zero-order valence-electron chi connectivity index (χ0n) is 14.5. The molecule has 0 aliphatic heterocycles. The van der Waals surface area contributed by atoms with Gasteiger partial charge in [0.1, 0.15) is 11.6 Å². The molecule has 0 saturated carbocycles. The summed E-state index contributed by atoms with van der Waals surface area (Å²) in [5, 5.41) is 5.44. The van der Waals surface area contributed by atoms with Crippen molar-refractivity contribution < 1.29 is 18.7 Å². The highest BCUT2D eigenvalue weighted by molar-refractivity contribution is 6.07. The SMILES string of the molecule is COc1cccc(NC(=O)c2ccc(C(=O)Nc3ccc(F)cc3)cc2)c1. The lowest BCUT2D eigenvalue weighted by atomic mass is 10.1. The summed E-state index contributed by atoms with van der Waals surface area (Å²) in [5.41, 5.74) is 1.90. The Bertz CT molecular complexity index is 954. The van der Waals surface area contributed by atoms with E-state index in [1.807, 2.05) is 0 Å². The average molecular weight is 364 g/mol. The Kier molecular flexibility index (Phi) is 5.47. The van der Waals surface area contributed by atoms with E-state index in [0.717, 1.165) is 0 Å².